The van der Waals surface area contributed by atoms with Crippen LogP contribution in [0.4, 0.5) is 26.3 Å². The van der Waals surface area contributed by atoms with E-state index in [9.17, 15) is 31.1 Å². The number of hydrogen-bond donors (Lipinski definition) is 0. The molecule has 0 saturated heterocycles. The largest absolute Gasteiger partial charge is 0.417 e. The predicted octanol–water partition coefficient (Wildman–Crippen LogP) is 4.17. The van der Waals surface area contributed by atoms with Crippen LogP contribution in [-0.4, -0.2) is 11.9 Å². The van der Waals surface area contributed by atoms with Crippen molar-refractivity contribution in [1.82, 2.24) is 0 Å². The second kappa shape index (κ2) is 5.49. The van der Waals surface area contributed by atoms with Crippen molar-refractivity contribution in [2.75, 3.05) is 6.16 Å². The van der Waals surface area contributed by atoms with E-state index in [1.165, 1.54) is 0 Å². The molecule has 1 aromatic rings. The Morgan fingerprint density at radius 3 is 1.74 bits per heavy atom. The molecule has 0 spiro atoms. The lowest BCUT2D eigenvalue weighted by Crippen LogP contribution is -2.20. The van der Waals surface area contributed by atoms with E-state index in [2.05, 4.69) is 9.24 Å². The zero-order valence-corrected chi connectivity index (χ0v) is 10.6. The van der Waals surface area contributed by atoms with Gasteiger partial charge in [0.25, 0.3) is 0 Å². The molecule has 0 aromatic heterocycles. The van der Waals surface area contributed by atoms with E-state index in [-0.39, 0.29) is 6.16 Å². The van der Waals surface area contributed by atoms with E-state index in [4.69, 9.17) is 0 Å². The van der Waals surface area contributed by atoms with Crippen LogP contribution < -0.4 is 0 Å². The fourth-order valence-corrected chi connectivity index (χ4v) is 1.84. The highest BCUT2D eigenvalue weighted by molar-refractivity contribution is 7.16. The number of Topliss-reactive ketones (excluding diaryl/α,β-unsaturated/α-hetero) is 1. The fraction of sp³-hybridized carbons (Fsp3) is 0.364. The monoisotopic (exact) mass is 302 g/mol. The van der Waals surface area contributed by atoms with Gasteiger partial charge in [0.2, 0.25) is 0 Å². The number of carbonyl (C=O) groups is 1. The zero-order valence-electron chi connectivity index (χ0n) is 9.40. The SMILES string of the molecule is O=C(CCP)c1c(C(F)(F)F)cccc1C(F)(F)F. The summed E-state index contributed by atoms with van der Waals surface area (Å²) in [7, 11) is 2.08. The molecule has 8 heteroatoms. The molecule has 0 saturated carbocycles. The van der Waals surface area contributed by atoms with Gasteiger partial charge in [0.15, 0.2) is 5.78 Å². The first kappa shape index (κ1) is 16.0. The van der Waals surface area contributed by atoms with Crippen LogP contribution in [0.3, 0.4) is 0 Å². The molecule has 0 fully saturated rings. The second-order valence-corrected chi connectivity index (χ2v) is 4.26. The summed E-state index contributed by atoms with van der Waals surface area (Å²) in [4.78, 5) is 11.6. The Morgan fingerprint density at radius 1 is 1.00 bits per heavy atom. The van der Waals surface area contributed by atoms with Gasteiger partial charge in [-0.15, -0.1) is 9.24 Å². The third-order valence-corrected chi connectivity index (χ3v) is 2.61. The molecule has 0 bridgehead atoms. The summed E-state index contributed by atoms with van der Waals surface area (Å²) in [5.74, 6) is -1.17. The van der Waals surface area contributed by atoms with Crippen LogP contribution in [-0.2, 0) is 12.4 Å². The maximum Gasteiger partial charge on any atom is 0.417 e. The highest BCUT2D eigenvalue weighted by Crippen LogP contribution is 2.39. The van der Waals surface area contributed by atoms with E-state index in [0.29, 0.717) is 18.2 Å². The van der Waals surface area contributed by atoms with Crippen molar-refractivity contribution >= 4 is 15.0 Å². The molecule has 0 N–H and O–H groups in total. The van der Waals surface area contributed by atoms with Crippen molar-refractivity contribution in [3.63, 3.8) is 0 Å². The first-order valence-corrected chi connectivity index (χ1v) is 5.91. The van der Waals surface area contributed by atoms with Crippen LogP contribution in [0.25, 0.3) is 0 Å². The van der Waals surface area contributed by atoms with Crippen molar-refractivity contribution < 1.29 is 31.1 Å². The Morgan fingerprint density at radius 2 is 1.42 bits per heavy atom. The van der Waals surface area contributed by atoms with Crippen molar-refractivity contribution in [1.29, 1.82) is 0 Å². The van der Waals surface area contributed by atoms with Gasteiger partial charge in [-0.25, -0.2) is 0 Å². The predicted molar refractivity (Wildman–Crippen MR) is 60.0 cm³/mol. The maximum absolute atomic E-state index is 12.7. The summed E-state index contributed by atoms with van der Waals surface area (Å²) in [6, 6.07) is 1.60. The van der Waals surface area contributed by atoms with Gasteiger partial charge in [-0.3, -0.25) is 4.79 Å². The topological polar surface area (TPSA) is 17.1 Å². The Labute approximate surface area is 107 Å². The quantitative estimate of drug-likeness (QED) is 0.465. The lowest BCUT2D eigenvalue weighted by atomic mass is 9.95. The van der Waals surface area contributed by atoms with E-state index < -0.39 is 41.2 Å². The summed E-state index contributed by atoms with van der Waals surface area (Å²) < 4.78 is 76.2. The fourth-order valence-electron chi connectivity index (χ4n) is 1.58. The lowest BCUT2D eigenvalue weighted by molar-refractivity contribution is -0.143. The molecule has 19 heavy (non-hydrogen) atoms. The molecule has 1 aromatic carbocycles. The highest BCUT2D eigenvalue weighted by atomic mass is 31.0. The van der Waals surface area contributed by atoms with Gasteiger partial charge in [-0.05, 0) is 18.3 Å². The Hall–Kier alpha value is -1.10. The molecule has 1 atom stereocenters. The number of ketones is 1. The van der Waals surface area contributed by atoms with Crippen molar-refractivity contribution in [3.05, 3.63) is 34.9 Å². The molecule has 0 heterocycles. The van der Waals surface area contributed by atoms with Gasteiger partial charge in [-0.1, -0.05) is 6.07 Å². The first-order valence-electron chi connectivity index (χ1n) is 5.09. The van der Waals surface area contributed by atoms with E-state index in [0.717, 1.165) is 0 Å². The zero-order chi connectivity index (χ0) is 14.8. The van der Waals surface area contributed by atoms with Crippen molar-refractivity contribution in [2.24, 2.45) is 0 Å². The number of alkyl halides is 6. The molecule has 106 valence electrons. The summed E-state index contributed by atoms with van der Waals surface area (Å²) in [5, 5.41) is 0. The standard InChI is InChI=1S/C11H9F6OP/c12-10(13,14)6-2-1-3-7(11(15,16)17)9(6)8(18)4-5-19/h1-3H,4-5,19H2. The average molecular weight is 302 g/mol. The molecule has 1 nitrogen and oxygen atoms in total. The van der Waals surface area contributed by atoms with E-state index in [1.807, 2.05) is 0 Å². The van der Waals surface area contributed by atoms with Crippen molar-refractivity contribution in [2.45, 2.75) is 18.8 Å². The molecule has 0 amide bonds. The maximum atomic E-state index is 12.7. The van der Waals surface area contributed by atoms with Crippen LogP contribution in [0.15, 0.2) is 18.2 Å². The summed E-state index contributed by atoms with van der Waals surface area (Å²) in [6.07, 6.45) is -10.3. The van der Waals surface area contributed by atoms with E-state index in [1.54, 1.807) is 0 Å². The van der Waals surface area contributed by atoms with Gasteiger partial charge in [0.1, 0.15) is 0 Å². The molecule has 0 aliphatic carbocycles. The number of rotatable bonds is 3. The molecule has 0 aliphatic rings. The number of carbonyl (C=O) groups excluding carboxylic acids is 1. The van der Waals surface area contributed by atoms with E-state index >= 15 is 0 Å². The molecule has 0 aliphatic heterocycles. The Bertz CT molecular complexity index is 445. The van der Waals surface area contributed by atoms with Crippen LogP contribution in [0, 0.1) is 0 Å². The van der Waals surface area contributed by atoms with Crippen LogP contribution >= 0.6 is 9.24 Å². The van der Waals surface area contributed by atoms with Crippen LogP contribution in [0.5, 0.6) is 0 Å². The van der Waals surface area contributed by atoms with Crippen LogP contribution in [0.1, 0.15) is 27.9 Å². The highest BCUT2D eigenvalue weighted by Gasteiger charge is 2.42. The Kier molecular flexibility index (Phi) is 4.61. The smallest absolute Gasteiger partial charge is 0.294 e. The third kappa shape index (κ3) is 3.69. The number of halogens is 6. The second-order valence-electron chi connectivity index (χ2n) is 3.69. The van der Waals surface area contributed by atoms with Gasteiger partial charge in [0, 0.05) is 12.0 Å². The molecule has 1 rings (SSSR count). The normalized spacial score (nSPS) is 12.6. The summed E-state index contributed by atoms with van der Waals surface area (Å²) in [5.41, 5.74) is -4.40. The minimum atomic E-state index is -5.01. The molecule has 0 radical (unpaired) electrons. The molecule has 1 unspecified atom stereocenters. The minimum Gasteiger partial charge on any atom is -0.294 e. The van der Waals surface area contributed by atoms with Gasteiger partial charge < -0.3 is 0 Å². The molecular formula is C11H9F6OP. The molecular weight excluding hydrogens is 293 g/mol. The minimum absolute atomic E-state index is 0.0856. The van der Waals surface area contributed by atoms with Crippen molar-refractivity contribution in [3.8, 4) is 0 Å². The Balaban J connectivity index is 3.55. The average Bonchev–Trinajstić information content (AvgIpc) is 2.26. The third-order valence-electron chi connectivity index (χ3n) is 2.33. The van der Waals surface area contributed by atoms with Crippen LogP contribution in [0.2, 0.25) is 0 Å². The lowest BCUT2D eigenvalue weighted by Gasteiger charge is -2.17. The number of hydrogen-bond acceptors (Lipinski definition) is 1. The first-order chi connectivity index (χ1) is 8.59. The van der Waals surface area contributed by atoms with Gasteiger partial charge in [-0.2, -0.15) is 26.3 Å². The summed E-state index contributed by atoms with van der Waals surface area (Å²) >= 11 is 0. The van der Waals surface area contributed by atoms with Gasteiger partial charge in [0.05, 0.1) is 11.1 Å². The number of benzene rings is 1. The summed E-state index contributed by atoms with van der Waals surface area (Å²) in [6.45, 7) is 0. The van der Waals surface area contributed by atoms with Gasteiger partial charge >= 0.3 is 12.4 Å².